The van der Waals surface area contributed by atoms with Crippen LogP contribution in [-0.4, -0.2) is 69.3 Å². The number of carbonyl (C=O) groups is 1. The molecule has 1 spiro atoms. The van der Waals surface area contributed by atoms with Crippen LogP contribution in [0.5, 0.6) is 11.5 Å². The maximum atomic E-state index is 13.1. The van der Waals surface area contributed by atoms with Crippen LogP contribution < -0.4 is 9.47 Å². The Morgan fingerprint density at radius 1 is 1.11 bits per heavy atom. The minimum Gasteiger partial charge on any atom is -0.493 e. The quantitative estimate of drug-likeness (QED) is 0.763. The molecular formula is C21H31ClN2O4. The maximum Gasteiger partial charge on any atom is 0.237 e. The van der Waals surface area contributed by atoms with E-state index in [1.165, 1.54) is 24.0 Å². The van der Waals surface area contributed by atoms with Crippen molar-refractivity contribution in [1.82, 2.24) is 9.80 Å². The standard InChI is InChI=1S/C21H30N2O4.ClH/c1-25-18-11-16-13-23(20(24)14-22-7-9-27-10-8-22)15-21(5-3-4-6-21)17(16)12-19(18)26-2;/h11-12H,3-10,13-15H2,1-2H3;1H. The molecule has 0 aromatic heterocycles. The zero-order valence-corrected chi connectivity index (χ0v) is 17.7. The summed E-state index contributed by atoms with van der Waals surface area (Å²) in [5.41, 5.74) is 2.62. The van der Waals surface area contributed by atoms with E-state index in [1.54, 1.807) is 14.2 Å². The Hall–Kier alpha value is -1.50. The maximum absolute atomic E-state index is 13.1. The van der Waals surface area contributed by atoms with Gasteiger partial charge in [0.2, 0.25) is 5.91 Å². The molecule has 1 aromatic rings. The summed E-state index contributed by atoms with van der Waals surface area (Å²) in [6.45, 7) is 5.08. The number of morpholine rings is 1. The van der Waals surface area contributed by atoms with E-state index >= 15 is 0 Å². The van der Waals surface area contributed by atoms with E-state index in [2.05, 4.69) is 21.9 Å². The summed E-state index contributed by atoms with van der Waals surface area (Å²) in [4.78, 5) is 17.4. The largest absolute Gasteiger partial charge is 0.493 e. The van der Waals surface area contributed by atoms with Crippen molar-refractivity contribution in [1.29, 1.82) is 0 Å². The van der Waals surface area contributed by atoms with E-state index in [1.807, 2.05) is 0 Å². The molecular weight excluding hydrogens is 380 g/mol. The van der Waals surface area contributed by atoms with Crippen LogP contribution in [0.1, 0.15) is 36.8 Å². The first-order chi connectivity index (χ1) is 13.1. The van der Waals surface area contributed by atoms with Gasteiger partial charge in [0.1, 0.15) is 0 Å². The number of fused-ring (bicyclic) bond motifs is 2. The number of carbonyl (C=O) groups excluding carboxylic acids is 1. The molecule has 2 fully saturated rings. The minimum atomic E-state index is 0. The molecule has 1 saturated heterocycles. The summed E-state index contributed by atoms with van der Waals surface area (Å²) in [6, 6.07) is 4.23. The fourth-order valence-electron chi connectivity index (χ4n) is 4.96. The number of nitrogens with zero attached hydrogens (tertiary/aromatic N) is 2. The van der Waals surface area contributed by atoms with Crippen molar-refractivity contribution in [2.24, 2.45) is 0 Å². The first kappa shape index (κ1) is 21.2. The van der Waals surface area contributed by atoms with Crippen LogP contribution in [0.4, 0.5) is 0 Å². The van der Waals surface area contributed by atoms with E-state index in [0.29, 0.717) is 13.1 Å². The molecule has 0 N–H and O–H groups in total. The van der Waals surface area contributed by atoms with Crippen LogP contribution in [0, 0.1) is 0 Å². The molecule has 6 nitrogen and oxygen atoms in total. The van der Waals surface area contributed by atoms with Crippen molar-refractivity contribution in [3.63, 3.8) is 0 Å². The molecule has 0 atom stereocenters. The zero-order valence-electron chi connectivity index (χ0n) is 16.9. The number of hydrogen-bond acceptors (Lipinski definition) is 5. The summed E-state index contributed by atoms with van der Waals surface area (Å²) >= 11 is 0. The molecule has 0 bridgehead atoms. The molecule has 3 aliphatic rings. The van der Waals surface area contributed by atoms with Crippen molar-refractivity contribution < 1.29 is 19.0 Å². The van der Waals surface area contributed by atoms with Gasteiger partial charge in [-0.1, -0.05) is 12.8 Å². The first-order valence-electron chi connectivity index (χ1n) is 9.98. The average Bonchev–Trinajstić information content (AvgIpc) is 3.16. The molecule has 0 radical (unpaired) electrons. The highest BCUT2D eigenvalue weighted by Crippen LogP contribution is 2.48. The topological polar surface area (TPSA) is 51.2 Å². The zero-order chi connectivity index (χ0) is 18.9. The Morgan fingerprint density at radius 2 is 1.75 bits per heavy atom. The Kier molecular flexibility index (Phi) is 6.73. The van der Waals surface area contributed by atoms with Crippen LogP contribution in [0.25, 0.3) is 0 Å². The Bertz CT molecular complexity index is 700. The number of amides is 1. The second-order valence-electron chi connectivity index (χ2n) is 7.99. The molecule has 1 amide bonds. The van der Waals surface area contributed by atoms with Gasteiger partial charge in [-0.05, 0) is 36.1 Å². The van der Waals surface area contributed by atoms with Gasteiger partial charge in [-0.15, -0.1) is 12.4 Å². The van der Waals surface area contributed by atoms with Gasteiger partial charge >= 0.3 is 0 Å². The molecule has 28 heavy (non-hydrogen) atoms. The lowest BCUT2D eigenvalue weighted by Gasteiger charge is -2.43. The van der Waals surface area contributed by atoms with Crippen molar-refractivity contribution in [3.8, 4) is 11.5 Å². The summed E-state index contributed by atoms with van der Waals surface area (Å²) in [5, 5.41) is 0. The predicted octanol–water partition coefficient (Wildman–Crippen LogP) is 2.61. The smallest absolute Gasteiger partial charge is 0.237 e. The van der Waals surface area contributed by atoms with Gasteiger partial charge in [-0.25, -0.2) is 0 Å². The molecule has 156 valence electrons. The lowest BCUT2D eigenvalue weighted by molar-refractivity contribution is -0.135. The number of rotatable bonds is 4. The van der Waals surface area contributed by atoms with Crippen LogP contribution in [0.2, 0.25) is 0 Å². The van der Waals surface area contributed by atoms with Gasteiger partial charge in [0, 0.05) is 31.6 Å². The average molecular weight is 411 g/mol. The Morgan fingerprint density at radius 3 is 2.39 bits per heavy atom. The third-order valence-corrected chi connectivity index (χ3v) is 6.41. The second kappa shape index (κ2) is 8.89. The van der Waals surface area contributed by atoms with Crippen LogP contribution in [0.15, 0.2) is 12.1 Å². The van der Waals surface area contributed by atoms with E-state index in [9.17, 15) is 4.79 Å². The number of ether oxygens (including phenoxy) is 3. The normalized spacial score (nSPS) is 21.1. The Labute approximate surface area is 173 Å². The molecule has 1 aliphatic carbocycles. The fourth-order valence-corrected chi connectivity index (χ4v) is 4.96. The van der Waals surface area contributed by atoms with E-state index in [-0.39, 0.29) is 23.7 Å². The van der Waals surface area contributed by atoms with E-state index in [0.717, 1.165) is 57.2 Å². The highest BCUT2D eigenvalue weighted by Gasteiger charge is 2.43. The number of halogens is 1. The van der Waals surface area contributed by atoms with E-state index in [4.69, 9.17) is 14.2 Å². The lowest BCUT2D eigenvalue weighted by atomic mass is 9.73. The summed E-state index contributed by atoms with van der Waals surface area (Å²) in [7, 11) is 3.35. The van der Waals surface area contributed by atoms with Gasteiger partial charge < -0.3 is 19.1 Å². The summed E-state index contributed by atoms with van der Waals surface area (Å²) in [5.74, 6) is 1.76. The van der Waals surface area contributed by atoms with Gasteiger partial charge in [0.05, 0.1) is 34.0 Å². The van der Waals surface area contributed by atoms with Crippen molar-refractivity contribution in [3.05, 3.63) is 23.3 Å². The van der Waals surface area contributed by atoms with Gasteiger partial charge in [-0.3, -0.25) is 9.69 Å². The molecule has 4 rings (SSSR count). The van der Waals surface area contributed by atoms with E-state index < -0.39 is 0 Å². The Balaban J connectivity index is 0.00000225. The van der Waals surface area contributed by atoms with Crippen LogP contribution >= 0.6 is 12.4 Å². The minimum absolute atomic E-state index is 0. The third kappa shape index (κ3) is 3.95. The summed E-state index contributed by atoms with van der Waals surface area (Å²) < 4.78 is 16.5. The molecule has 1 saturated carbocycles. The highest BCUT2D eigenvalue weighted by molar-refractivity contribution is 5.85. The second-order valence-corrected chi connectivity index (χ2v) is 7.99. The number of methoxy groups -OCH3 is 2. The molecule has 2 heterocycles. The van der Waals surface area contributed by atoms with Crippen LogP contribution in [-0.2, 0) is 21.5 Å². The van der Waals surface area contributed by atoms with Crippen molar-refractivity contribution >= 4 is 18.3 Å². The van der Waals surface area contributed by atoms with Gasteiger partial charge in [0.25, 0.3) is 0 Å². The molecule has 7 heteroatoms. The lowest BCUT2D eigenvalue weighted by Crippen LogP contribution is -2.50. The monoisotopic (exact) mass is 410 g/mol. The SMILES string of the molecule is COc1cc2c(cc1OC)C1(CCCC1)CN(C(=O)CN1CCOCC1)C2.Cl. The van der Waals surface area contributed by atoms with Crippen molar-refractivity contribution in [2.75, 3.05) is 53.6 Å². The third-order valence-electron chi connectivity index (χ3n) is 6.41. The van der Waals surface area contributed by atoms with Crippen LogP contribution in [0.3, 0.4) is 0 Å². The number of benzene rings is 1. The highest BCUT2D eigenvalue weighted by atomic mass is 35.5. The first-order valence-corrected chi connectivity index (χ1v) is 9.98. The molecule has 2 aliphatic heterocycles. The molecule has 0 unspecified atom stereocenters. The van der Waals surface area contributed by atoms with Gasteiger partial charge in [0.15, 0.2) is 11.5 Å². The fraction of sp³-hybridized carbons (Fsp3) is 0.667. The predicted molar refractivity (Wildman–Crippen MR) is 110 cm³/mol. The van der Waals surface area contributed by atoms with Crippen molar-refractivity contribution in [2.45, 2.75) is 37.6 Å². The van der Waals surface area contributed by atoms with Gasteiger partial charge in [-0.2, -0.15) is 0 Å². The summed E-state index contributed by atoms with van der Waals surface area (Å²) in [6.07, 6.45) is 4.71. The number of hydrogen-bond donors (Lipinski definition) is 0. The molecule has 1 aromatic carbocycles.